The molecule has 128 valence electrons. The van der Waals surface area contributed by atoms with E-state index < -0.39 is 0 Å². The first-order valence-electron chi connectivity index (χ1n) is 7.74. The molecule has 0 radical (unpaired) electrons. The molecule has 0 atom stereocenters. The molecule has 0 saturated heterocycles. The number of aryl methyl sites for hydroxylation is 1. The molecule has 1 aromatic carbocycles. The quantitative estimate of drug-likeness (QED) is 0.662. The number of nitrogens with zero attached hydrogens (tertiary/aromatic N) is 3. The van der Waals surface area contributed by atoms with E-state index in [0.717, 1.165) is 5.56 Å². The summed E-state index contributed by atoms with van der Waals surface area (Å²) in [7, 11) is 0. The van der Waals surface area contributed by atoms with Crippen LogP contribution in [-0.4, -0.2) is 32.3 Å². The zero-order chi connectivity index (χ0) is 17.4. The Kier molecular flexibility index (Phi) is 6.80. The lowest BCUT2D eigenvalue weighted by Gasteiger charge is -2.07. The van der Waals surface area contributed by atoms with Crippen LogP contribution in [-0.2, 0) is 29.1 Å². The molecule has 0 unspecified atom stereocenters. The first-order chi connectivity index (χ1) is 11.6. The summed E-state index contributed by atoms with van der Waals surface area (Å²) in [4.78, 5) is 22.9. The Morgan fingerprint density at radius 3 is 2.67 bits per heavy atom. The molecule has 0 aliphatic carbocycles. The Hall–Kier alpha value is -2.35. The molecule has 0 aliphatic heterocycles. The summed E-state index contributed by atoms with van der Waals surface area (Å²) in [6, 6.07) is 9.74. The number of benzene rings is 1. The summed E-state index contributed by atoms with van der Waals surface area (Å²) in [5.74, 6) is 0.549. The molecular weight excluding hydrogens is 326 g/mol. The van der Waals surface area contributed by atoms with Crippen LogP contribution in [0.4, 0.5) is 0 Å². The van der Waals surface area contributed by atoms with Gasteiger partial charge in [-0.3, -0.25) is 9.59 Å². The van der Waals surface area contributed by atoms with Gasteiger partial charge in [0, 0.05) is 25.9 Å². The Morgan fingerprint density at radius 1 is 1.25 bits per heavy atom. The van der Waals surface area contributed by atoms with Crippen molar-refractivity contribution in [1.82, 2.24) is 20.1 Å². The van der Waals surface area contributed by atoms with Crippen LogP contribution >= 0.6 is 11.8 Å². The minimum atomic E-state index is -0.366. The topological polar surface area (TPSA) is 103 Å². The standard InChI is InChI=1S/C16H21N5O2S/c1-2-21-14(9-8-13(17)22)19-20-16(21)24-11-15(23)18-10-12-6-4-3-5-7-12/h3-7H,2,8-11H2,1H3,(H2,17,22)(H,18,23). The van der Waals surface area contributed by atoms with Gasteiger partial charge in [-0.15, -0.1) is 10.2 Å². The predicted octanol–water partition coefficient (Wildman–Crippen LogP) is 1.12. The number of primary amides is 1. The van der Waals surface area contributed by atoms with Crippen molar-refractivity contribution in [3.8, 4) is 0 Å². The summed E-state index contributed by atoms with van der Waals surface area (Å²) in [6.45, 7) is 3.15. The predicted molar refractivity (Wildman–Crippen MR) is 92.2 cm³/mol. The van der Waals surface area contributed by atoms with Crippen LogP contribution in [0.15, 0.2) is 35.5 Å². The molecule has 0 bridgehead atoms. The number of amides is 2. The van der Waals surface area contributed by atoms with Crippen LogP contribution < -0.4 is 11.1 Å². The zero-order valence-corrected chi connectivity index (χ0v) is 14.4. The van der Waals surface area contributed by atoms with E-state index in [1.807, 2.05) is 41.8 Å². The average Bonchev–Trinajstić information content (AvgIpc) is 2.99. The van der Waals surface area contributed by atoms with E-state index in [1.54, 1.807) is 0 Å². The summed E-state index contributed by atoms with van der Waals surface area (Å²) < 4.78 is 1.90. The smallest absolute Gasteiger partial charge is 0.230 e. The summed E-state index contributed by atoms with van der Waals surface area (Å²) in [6.07, 6.45) is 0.692. The van der Waals surface area contributed by atoms with E-state index in [9.17, 15) is 9.59 Å². The van der Waals surface area contributed by atoms with E-state index >= 15 is 0 Å². The molecule has 8 heteroatoms. The fourth-order valence-electron chi connectivity index (χ4n) is 2.14. The number of carbonyl (C=O) groups is 2. The van der Waals surface area contributed by atoms with Gasteiger partial charge >= 0.3 is 0 Å². The number of carbonyl (C=O) groups excluding carboxylic acids is 2. The highest BCUT2D eigenvalue weighted by molar-refractivity contribution is 7.99. The second-order valence-electron chi connectivity index (χ2n) is 5.16. The molecule has 24 heavy (non-hydrogen) atoms. The number of hydrogen-bond acceptors (Lipinski definition) is 5. The van der Waals surface area contributed by atoms with Gasteiger partial charge in [0.15, 0.2) is 5.16 Å². The number of nitrogens with one attached hydrogen (secondary N) is 1. The number of thioether (sulfide) groups is 1. The van der Waals surface area contributed by atoms with E-state index in [1.165, 1.54) is 11.8 Å². The van der Waals surface area contributed by atoms with Gasteiger partial charge in [0.1, 0.15) is 5.82 Å². The molecule has 1 heterocycles. The second kappa shape index (κ2) is 9.07. The minimum Gasteiger partial charge on any atom is -0.370 e. The second-order valence-corrected chi connectivity index (χ2v) is 6.10. The molecular formula is C16H21N5O2S. The number of rotatable bonds is 9. The van der Waals surface area contributed by atoms with Crippen molar-refractivity contribution in [2.45, 2.75) is 38.0 Å². The van der Waals surface area contributed by atoms with Crippen molar-refractivity contribution in [3.63, 3.8) is 0 Å². The Labute approximate surface area is 145 Å². The third kappa shape index (κ3) is 5.38. The van der Waals surface area contributed by atoms with Crippen molar-refractivity contribution >= 4 is 23.6 Å². The van der Waals surface area contributed by atoms with Crippen LogP contribution in [0, 0.1) is 0 Å². The van der Waals surface area contributed by atoms with E-state index in [-0.39, 0.29) is 24.0 Å². The number of aromatic nitrogens is 3. The molecule has 2 rings (SSSR count). The molecule has 0 spiro atoms. The van der Waals surface area contributed by atoms with Crippen LogP contribution in [0.3, 0.4) is 0 Å². The average molecular weight is 347 g/mol. The fourth-order valence-corrected chi connectivity index (χ4v) is 2.99. The van der Waals surface area contributed by atoms with Crippen molar-refractivity contribution in [2.24, 2.45) is 5.73 Å². The largest absolute Gasteiger partial charge is 0.370 e. The minimum absolute atomic E-state index is 0.0619. The van der Waals surface area contributed by atoms with Gasteiger partial charge < -0.3 is 15.6 Å². The van der Waals surface area contributed by atoms with E-state index in [2.05, 4.69) is 15.5 Å². The van der Waals surface area contributed by atoms with Gasteiger partial charge in [0.05, 0.1) is 5.75 Å². The van der Waals surface area contributed by atoms with Crippen molar-refractivity contribution in [2.75, 3.05) is 5.75 Å². The lowest BCUT2D eigenvalue weighted by atomic mass is 10.2. The molecule has 7 nitrogen and oxygen atoms in total. The number of nitrogens with two attached hydrogens (primary N) is 1. The normalized spacial score (nSPS) is 10.5. The third-order valence-corrected chi connectivity index (χ3v) is 4.34. The van der Waals surface area contributed by atoms with Gasteiger partial charge in [-0.25, -0.2) is 0 Å². The Morgan fingerprint density at radius 2 is 2.00 bits per heavy atom. The number of hydrogen-bond donors (Lipinski definition) is 2. The van der Waals surface area contributed by atoms with Crippen LogP contribution in [0.25, 0.3) is 0 Å². The maximum atomic E-state index is 12.0. The first kappa shape index (κ1) is 18.0. The molecule has 1 aromatic heterocycles. The molecule has 2 amide bonds. The molecule has 2 aromatic rings. The van der Waals surface area contributed by atoms with E-state index in [4.69, 9.17) is 5.73 Å². The van der Waals surface area contributed by atoms with Crippen molar-refractivity contribution in [3.05, 3.63) is 41.7 Å². The van der Waals surface area contributed by atoms with Gasteiger partial charge in [-0.05, 0) is 12.5 Å². The summed E-state index contributed by atoms with van der Waals surface area (Å²) in [5, 5.41) is 11.7. The molecule has 3 N–H and O–H groups in total. The highest BCUT2D eigenvalue weighted by atomic mass is 32.2. The van der Waals surface area contributed by atoms with Gasteiger partial charge in [0.25, 0.3) is 0 Å². The monoisotopic (exact) mass is 347 g/mol. The molecule has 0 fully saturated rings. The van der Waals surface area contributed by atoms with Crippen LogP contribution in [0.1, 0.15) is 24.7 Å². The molecule has 0 saturated carbocycles. The third-order valence-electron chi connectivity index (χ3n) is 3.37. The fraction of sp³-hybridized carbons (Fsp3) is 0.375. The first-order valence-corrected chi connectivity index (χ1v) is 8.72. The van der Waals surface area contributed by atoms with E-state index in [0.29, 0.717) is 30.5 Å². The molecule has 0 aliphatic rings. The summed E-state index contributed by atoms with van der Waals surface area (Å²) in [5.41, 5.74) is 6.22. The van der Waals surface area contributed by atoms with Crippen LogP contribution in [0.5, 0.6) is 0 Å². The highest BCUT2D eigenvalue weighted by Gasteiger charge is 2.13. The lowest BCUT2D eigenvalue weighted by molar-refractivity contribution is -0.119. The SMILES string of the molecule is CCn1c(CCC(N)=O)nnc1SCC(=O)NCc1ccccc1. The highest BCUT2D eigenvalue weighted by Crippen LogP contribution is 2.17. The Bertz CT molecular complexity index is 687. The maximum absolute atomic E-state index is 12.0. The Balaban J connectivity index is 1.84. The van der Waals surface area contributed by atoms with Gasteiger partial charge in [0.2, 0.25) is 11.8 Å². The summed E-state index contributed by atoms with van der Waals surface area (Å²) >= 11 is 1.33. The van der Waals surface area contributed by atoms with Crippen molar-refractivity contribution in [1.29, 1.82) is 0 Å². The van der Waals surface area contributed by atoms with Gasteiger partial charge in [-0.1, -0.05) is 42.1 Å². The lowest BCUT2D eigenvalue weighted by Crippen LogP contribution is -2.24. The van der Waals surface area contributed by atoms with Crippen molar-refractivity contribution < 1.29 is 9.59 Å². The van der Waals surface area contributed by atoms with Gasteiger partial charge in [-0.2, -0.15) is 0 Å². The zero-order valence-electron chi connectivity index (χ0n) is 13.6. The maximum Gasteiger partial charge on any atom is 0.230 e. The van der Waals surface area contributed by atoms with Crippen LogP contribution in [0.2, 0.25) is 0 Å².